The summed E-state index contributed by atoms with van der Waals surface area (Å²) in [6.07, 6.45) is 0.903. The minimum absolute atomic E-state index is 0.263. The molecule has 4 rings (SSSR count). The van der Waals surface area contributed by atoms with Crippen molar-refractivity contribution in [2.75, 3.05) is 27.9 Å². The number of aliphatic hydroxyl groups excluding tert-OH is 1. The molecule has 6 heteroatoms. The molecule has 2 aromatic carbocycles. The van der Waals surface area contributed by atoms with Crippen LogP contribution in [0.4, 0.5) is 0 Å². The highest BCUT2D eigenvalue weighted by Gasteiger charge is 2.32. The number of aliphatic hydroxyl groups is 1. The normalized spacial score (nSPS) is 18.9. The van der Waals surface area contributed by atoms with Gasteiger partial charge in [0.15, 0.2) is 11.5 Å². The molecule has 2 unspecified atom stereocenters. The zero-order valence-electron chi connectivity index (χ0n) is 14.8. The predicted octanol–water partition coefficient (Wildman–Crippen LogP) is 3.67. The van der Waals surface area contributed by atoms with Crippen LogP contribution in [-0.4, -0.2) is 33.0 Å². The van der Waals surface area contributed by atoms with Crippen LogP contribution >= 0.6 is 0 Å². The lowest BCUT2D eigenvalue weighted by molar-refractivity contribution is 0.0889. The Hall–Kier alpha value is -2.86. The lowest BCUT2D eigenvalue weighted by Crippen LogP contribution is -2.24. The largest absolute Gasteiger partial charge is 0.493 e. The van der Waals surface area contributed by atoms with Crippen LogP contribution in [-0.2, 0) is 0 Å². The summed E-state index contributed by atoms with van der Waals surface area (Å²) in [4.78, 5) is 0. The Morgan fingerprint density at radius 2 is 1.73 bits per heavy atom. The number of furan rings is 1. The van der Waals surface area contributed by atoms with Crippen LogP contribution in [0, 0.1) is 0 Å². The standard InChI is InChI=1S/C20H20O6/c1-22-17-7-12(8-18(23-2)20(17)24-3)14-10-26-16-9-15-11(4-5-25-15)6-13(16)19(14)21/h4-9,14,19,21H,10H2,1-3H3. The van der Waals surface area contributed by atoms with Gasteiger partial charge in [-0.2, -0.15) is 0 Å². The van der Waals surface area contributed by atoms with Gasteiger partial charge >= 0.3 is 0 Å². The highest BCUT2D eigenvalue weighted by Crippen LogP contribution is 2.46. The number of methoxy groups -OCH3 is 3. The molecule has 0 spiro atoms. The van der Waals surface area contributed by atoms with Gasteiger partial charge in [-0.05, 0) is 29.8 Å². The summed E-state index contributed by atoms with van der Waals surface area (Å²) in [5.74, 6) is 1.99. The van der Waals surface area contributed by atoms with E-state index in [1.54, 1.807) is 27.6 Å². The third-order valence-electron chi connectivity index (χ3n) is 4.82. The Bertz CT molecular complexity index is 920. The summed E-state index contributed by atoms with van der Waals surface area (Å²) in [6.45, 7) is 0.332. The summed E-state index contributed by atoms with van der Waals surface area (Å²) in [6, 6.07) is 9.29. The molecule has 1 N–H and O–H groups in total. The predicted molar refractivity (Wildman–Crippen MR) is 95.5 cm³/mol. The molecule has 26 heavy (non-hydrogen) atoms. The van der Waals surface area contributed by atoms with Gasteiger partial charge in [0.25, 0.3) is 0 Å². The first-order valence-corrected chi connectivity index (χ1v) is 8.28. The second-order valence-electron chi connectivity index (χ2n) is 6.17. The number of fused-ring (bicyclic) bond motifs is 2. The molecule has 3 aromatic rings. The quantitative estimate of drug-likeness (QED) is 0.769. The number of hydrogen-bond donors (Lipinski definition) is 1. The molecule has 1 aliphatic heterocycles. The molecule has 2 heterocycles. The lowest BCUT2D eigenvalue weighted by Gasteiger charge is -2.31. The van der Waals surface area contributed by atoms with Gasteiger partial charge in [-0.3, -0.25) is 0 Å². The zero-order valence-corrected chi connectivity index (χ0v) is 14.8. The van der Waals surface area contributed by atoms with Crippen molar-refractivity contribution in [3.05, 3.63) is 47.7 Å². The van der Waals surface area contributed by atoms with E-state index in [1.165, 1.54) is 0 Å². The Labute approximate surface area is 150 Å². The molecule has 0 amide bonds. The summed E-state index contributed by atoms with van der Waals surface area (Å²) in [5.41, 5.74) is 2.33. The van der Waals surface area contributed by atoms with Crippen LogP contribution in [0.2, 0.25) is 0 Å². The first-order valence-electron chi connectivity index (χ1n) is 8.28. The number of benzene rings is 2. The van der Waals surface area contributed by atoms with Crippen molar-refractivity contribution in [3.8, 4) is 23.0 Å². The molecule has 1 aliphatic rings. The van der Waals surface area contributed by atoms with Gasteiger partial charge in [0.2, 0.25) is 5.75 Å². The minimum atomic E-state index is -0.721. The van der Waals surface area contributed by atoms with Gasteiger partial charge in [-0.1, -0.05) is 0 Å². The summed E-state index contributed by atoms with van der Waals surface area (Å²) in [5, 5.41) is 11.9. The van der Waals surface area contributed by atoms with Crippen LogP contribution in [0.5, 0.6) is 23.0 Å². The number of hydrogen-bond acceptors (Lipinski definition) is 6. The van der Waals surface area contributed by atoms with Crippen LogP contribution < -0.4 is 18.9 Å². The highest BCUT2D eigenvalue weighted by atomic mass is 16.5. The van der Waals surface area contributed by atoms with E-state index in [9.17, 15) is 5.11 Å². The number of ether oxygens (including phenoxy) is 4. The van der Waals surface area contributed by atoms with Gasteiger partial charge in [-0.25, -0.2) is 0 Å². The topological polar surface area (TPSA) is 70.3 Å². The molecule has 2 atom stereocenters. The van der Waals surface area contributed by atoms with Crippen LogP contribution in [0.1, 0.15) is 23.1 Å². The van der Waals surface area contributed by atoms with Crippen molar-refractivity contribution in [2.24, 2.45) is 0 Å². The Kier molecular flexibility index (Phi) is 4.12. The maximum absolute atomic E-state index is 11.0. The van der Waals surface area contributed by atoms with Gasteiger partial charge < -0.3 is 28.5 Å². The van der Waals surface area contributed by atoms with Crippen molar-refractivity contribution in [1.82, 2.24) is 0 Å². The van der Waals surface area contributed by atoms with Crippen molar-refractivity contribution in [1.29, 1.82) is 0 Å². The third kappa shape index (κ3) is 2.54. The van der Waals surface area contributed by atoms with E-state index < -0.39 is 6.10 Å². The van der Waals surface area contributed by atoms with E-state index >= 15 is 0 Å². The molecule has 0 aliphatic carbocycles. The molecule has 0 saturated carbocycles. The molecule has 0 fully saturated rings. The molecule has 6 nitrogen and oxygen atoms in total. The minimum Gasteiger partial charge on any atom is -0.493 e. The van der Waals surface area contributed by atoms with Gasteiger partial charge in [-0.15, -0.1) is 0 Å². The first kappa shape index (κ1) is 16.6. The number of rotatable bonds is 4. The van der Waals surface area contributed by atoms with E-state index in [-0.39, 0.29) is 5.92 Å². The maximum atomic E-state index is 11.0. The van der Waals surface area contributed by atoms with Gasteiger partial charge in [0, 0.05) is 22.9 Å². The molecule has 136 valence electrons. The van der Waals surface area contributed by atoms with Gasteiger partial charge in [0.1, 0.15) is 11.3 Å². The second-order valence-corrected chi connectivity index (χ2v) is 6.17. The summed E-state index contributed by atoms with van der Waals surface area (Å²) in [7, 11) is 4.70. The van der Waals surface area contributed by atoms with E-state index in [4.69, 9.17) is 23.4 Å². The molecule has 0 bridgehead atoms. The zero-order chi connectivity index (χ0) is 18.3. The van der Waals surface area contributed by atoms with Crippen molar-refractivity contribution in [3.63, 3.8) is 0 Å². The Balaban J connectivity index is 1.77. The Morgan fingerprint density at radius 1 is 1.00 bits per heavy atom. The molecule has 0 radical (unpaired) electrons. The fourth-order valence-corrected chi connectivity index (χ4v) is 3.45. The fraction of sp³-hybridized carbons (Fsp3) is 0.300. The molecule has 1 aromatic heterocycles. The van der Waals surface area contributed by atoms with Crippen LogP contribution in [0.15, 0.2) is 41.0 Å². The van der Waals surface area contributed by atoms with E-state index in [2.05, 4.69) is 0 Å². The average molecular weight is 356 g/mol. The summed E-state index contributed by atoms with van der Waals surface area (Å²) < 4.78 is 27.5. The second kappa shape index (κ2) is 6.46. The van der Waals surface area contributed by atoms with Crippen molar-refractivity contribution in [2.45, 2.75) is 12.0 Å². The SMILES string of the molecule is COc1cc(C2COc3cc4occc4cc3C2O)cc(OC)c1OC. The van der Waals surface area contributed by atoms with E-state index in [0.717, 1.165) is 22.1 Å². The van der Waals surface area contributed by atoms with Crippen LogP contribution in [0.25, 0.3) is 11.0 Å². The van der Waals surface area contributed by atoms with E-state index in [1.807, 2.05) is 30.3 Å². The van der Waals surface area contributed by atoms with Crippen molar-refractivity contribution >= 4 is 11.0 Å². The monoisotopic (exact) mass is 356 g/mol. The first-order chi connectivity index (χ1) is 12.7. The lowest BCUT2D eigenvalue weighted by atomic mass is 9.86. The molecular formula is C20H20O6. The average Bonchev–Trinajstić information content (AvgIpc) is 3.13. The van der Waals surface area contributed by atoms with Crippen molar-refractivity contribution < 1.29 is 28.5 Å². The fourth-order valence-electron chi connectivity index (χ4n) is 3.45. The smallest absolute Gasteiger partial charge is 0.203 e. The third-order valence-corrected chi connectivity index (χ3v) is 4.82. The highest BCUT2D eigenvalue weighted by molar-refractivity contribution is 5.80. The summed E-state index contributed by atoms with van der Waals surface area (Å²) >= 11 is 0. The Morgan fingerprint density at radius 3 is 2.38 bits per heavy atom. The maximum Gasteiger partial charge on any atom is 0.203 e. The molecule has 0 saturated heterocycles. The molecular weight excluding hydrogens is 336 g/mol. The van der Waals surface area contributed by atoms with Gasteiger partial charge in [0.05, 0.1) is 40.3 Å². The van der Waals surface area contributed by atoms with Crippen LogP contribution in [0.3, 0.4) is 0 Å². The van der Waals surface area contributed by atoms with E-state index in [0.29, 0.717) is 29.6 Å².